The number of rotatable bonds is 4. The van der Waals surface area contributed by atoms with Crippen molar-refractivity contribution in [2.75, 3.05) is 6.61 Å². The lowest BCUT2D eigenvalue weighted by Gasteiger charge is -2.41. The van der Waals surface area contributed by atoms with E-state index in [-0.39, 0.29) is 11.4 Å². The third-order valence-electron chi connectivity index (χ3n) is 3.67. The molecule has 0 aliphatic heterocycles. The van der Waals surface area contributed by atoms with Crippen LogP contribution in [0, 0.1) is 5.41 Å². The molecule has 1 fully saturated rings. The van der Waals surface area contributed by atoms with Crippen LogP contribution in [0.5, 0.6) is 0 Å². The van der Waals surface area contributed by atoms with Crippen molar-refractivity contribution in [3.63, 3.8) is 0 Å². The van der Waals surface area contributed by atoms with Crippen LogP contribution in [0.25, 0.3) is 0 Å². The summed E-state index contributed by atoms with van der Waals surface area (Å²) in [7, 11) is 0. The zero-order valence-electron chi connectivity index (χ0n) is 11.2. The SMILES string of the molecule is CCOC(=O)C1(NC(C)C)CCCC1(C)C. The molecule has 94 valence electrons. The van der Waals surface area contributed by atoms with Gasteiger partial charge in [-0.05, 0) is 39.0 Å². The van der Waals surface area contributed by atoms with Gasteiger partial charge in [0.1, 0.15) is 5.54 Å². The maximum Gasteiger partial charge on any atom is 0.326 e. The summed E-state index contributed by atoms with van der Waals surface area (Å²) in [6.45, 7) is 10.8. The molecule has 1 atom stereocenters. The van der Waals surface area contributed by atoms with E-state index in [4.69, 9.17) is 4.74 Å². The van der Waals surface area contributed by atoms with Crippen molar-refractivity contribution in [1.82, 2.24) is 5.32 Å². The van der Waals surface area contributed by atoms with Crippen LogP contribution in [0.4, 0.5) is 0 Å². The number of hydrogen-bond donors (Lipinski definition) is 1. The molecule has 1 unspecified atom stereocenters. The van der Waals surface area contributed by atoms with Gasteiger partial charge >= 0.3 is 5.97 Å². The number of hydrogen-bond acceptors (Lipinski definition) is 3. The summed E-state index contributed by atoms with van der Waals surface area (Å²) in [6.07, 6.45) is 3.05. The first-order valence-corrected chi connectivity index (χ1v) is 6.30. The summed E-state index contributed by atoms with van der Waals surface area (Å²) in [5.74, 6) is -0.0776. The van der Waals surface area contributed by atoms with Crippen LogP contribution in [-0.2, 0) is 9.53 Å². The van der Waals surface area contributed by atoms with Gasteiger partial charge in [0, 0.05) is 6.04 Å². The lowest BCUT2D eigenvalue weighted by atomic mass is 9.74. The predicted octanol–water partition coefficient (Wildman–Crippen LogP) is 2.50. The van der Waals surface area contributed by atoms with Gasteiger partial charge in [0.2, 0.25) is 0 Å². The average molecular weight is 227 g/mol. The second-order valence-corrected chi connectivity index (χ2v) is 5.66. The Labute approximate surface area is 98.9 Å². The summed E-state index contributed by atoms with van der Waals surface area (Å²) >= 11 is 0. The van der Waals surface area contributed by atoms with Gasteiger partial charge in [-0.15, -0.1) is 0 Å². The average Bonchev–Trinajstić information content (AvgIpc) is 2.42. The summed E-state index contributed by atoms with van der Waals surface area (Å²) in [5.41, 5.74) is -0.513. The van der Waals surface area contributed by atoms with E-state index in [0.29, 0.717) is 12.6 Å². The number of ether oxygens (including phenoxy) is 1. The minimum Gasteiger partial charge on any atom is -0.465 e. The van der Waals surface area contributed by atoms with Crippen molar-refractivity contribution in [3.05, 3.63) is 0 Å². The molecule has 1 saturated carbocycles. The summed E-state index contributed by atoms with van der Waals surface area (Å²) in [5, 5.41) is 3.46. The third kappa shape index (κ3) is 2.24. The van der Waals surface area contributed by atoms with Crippen LogP contribution in [0.15, 0.2) is 0 Å². The highest BCUT2D eigenvalue weighted by atomic mass is 16.5. The van der Waals surface area contributed by atoms with Gasteiger partial charge in [-0.3, -0.25) is 10.1 Å². The van der Waals surface area contributed by atoms with E-state index in [0.717, 1.165) is 19.3 Å². The van der Waals surface area contributed by atoms with Gasteiger partial charge in [-0.1, -0.05) is 20.3 Å². The minimum atomic E-state index is -0.489. The predicted molar refractivity (Wildman–Crippen MR) is 65.3 cm³/mol. The van der Waals surface area contributed by atoms with Crippen LogP contribution in [-0.4, -0.2) is 24.2 Å². The van der Waals surface area contributed by atoms with Gasteiger partial charge in [0.05, 0.1) is 6.61 Å². The summed E-state index contributed by atoms with van der Waals surface area (Å²) in [4.78, 5) is 12.2. The Bertz CT molecular complexity index is 261. The Morgan fingerprint density at radius 1 is 1.38 bits per heavy atom. The van der Waals surface area contributed by atoms with Gasteiger partial charge in [0.15, 0.2) is 0 Å². The maximum absolute atomic E-state index is 12.2. The summed E-state index contributed by atoms with van der Waals surface area (Å²) < 4.78 is 5.26. The molecule has 0 heterocycles. The monoisotopic (exact) mass is 227 g/mol. The number of carbonyl (C=O) groups is 1. The van der Waals surface area contributed by atoms with Crippen LogP contribution >= 0.6 is 0 Å². The van der Waals surface area contributed by atoms with Crippen LogP contribution < -0.4 is 5.32 Å². The minimum absolute atomic E-state index is 0.0243. The molecule has 0 aromatic carbocycles. The first-order valence-electron chi connectivity index (χ1n) is 6.30. The lowest BCUT2D eigenvalue weighted by Crippen LogP contribution is -2.61. The molecule has 0 aromatic rings. The van der Waals surface area contributed by atoms with Crippen molar-refractivity contribution >= 4 is 5.97 Å². The molecule has 3 nitrogen and oxygen atoms in total. The van der Waals surface area contributed by atoms with E-state index in [2.05, 4.69) is 33.0 Å². The number of carbonyl (C=O) groups excluding carboxylic acids is 1. The van der Waals surface area contributed by atoms with Crippen molar-refractivity contribution < 1.29 is 9.53 Å². The van der Waals surface area contributed by atoms with E-state index in [1.165, 1.54) is 0 Å². The molecule has 1 N–H and O–H groups in total. The van der Waals surface area contributed by atoms with Crippen molar-refractivity contribution in [3.8, 4) is 0 Å². The van der Waals surface area contributed by atoms with Crippen molar-refractivity contribution in [2.24, 2.45) is 5.41 Å². The molecule has 0 radical (unpaired) electrons. The number of esters is 1. The molecule has 0 aromatic heterocycles. The molecule has 1 aliphatic carbocycles. The molecular formula is C13H25NO2. The fourth-order valence-corrected chi connectivity index (χ4v) is 2.80. The smallest absolute Gasteiger partial charge is 0.326 e. The maximum atomic E-state index is 12.2. The fraction of sp³-hybridized carbons (Fsp3) is 0.923. The first kappa shape index (κ1) is 13.5. The lowest BCUT2D eigenvalue weighted by molar-refractivity contribution is -0.156. The highest BCUT2D eigenvalue weighted by Gasteiger charge is 2.55. The Hall–Kier alpha value is -0.570. The molecule has 1 aliphatic rings. The van der Waals surface area contributed by atoms with Gasteiger partial charge in [-0.25, -0.2) is 0 Å². The van der Waals surface area contributed by atoms with E-state index in [1.807, 2.05) is 6.92 Å². The van der Waals surface area contributed by atoms with E-state index >= 15 is 0 Å². The topological polar surface area (TPSA) is 38.3 Å². The molecule has 1 rings (SSSR count). The van der Waals surface area contributed by atoms with Crippen LogP contribution in [0.1, 0.15) is 53.9 Å². The number of nitrogens with one attached hydrogen (secondary N) is 1. The first-order chi connectivity index (χ1) is 7.35. The van der Waals surface area contributed by atoms with E-state index in [9.17, 15) is 4.79 Å². The molecule has 0 spiro atoms. The Kier molecular flexibility index (Phi) is 4.00. The van der Waals surface area contributed by atoms with Gasteiger partial charge in [0.25, 0.3) is 0 Å². The highest BCUT2D eigenvalue weighted by molar-refractivity contribution is 5.82. The third-order valence-corrected chi connectivity index (χ3v) is 3.67. The normalized spacial score (nSPS) is 28.4. The highest BCUT2D eigenvalue weighted by Crippen LogP contribution is 2.46. The zero-order chi connectivity index (χ0) is 12.4. The standard InChI is InChI=1S/C13H25NO2/c1-6-16-11(15)13(14-10(2)3)9-7-8-12(13,4)5/h10,14H,6-9H2,1-5H3. The quantitative estimate of drug-likeness (QED) is 0.750. The molecule has 3 heteroatoms. The molecule has 16 heavy (non-hydrogen) atoms. The fourth-order valence-electron chi connectivity index (χ4n) is 2.80. The Morgan fingerprint density at radius 3 is 2.38 bits per heavy atom. The van der Waals surface area contributed by atoms with E-state index in [1.54, 1.807) is 0 Å². The molecular weight excluding hydrogens is 202 g/mol. The summed E-state index contributed by atoms with van der Waals surface area (Å²) in [6, 6.07) is 0.293. The van der Waals surface area contributed by atoms with Gasteiger partial charge < -0.3 is 4.74 Å². The van der Waals surface area contributed by atoms with E-state index < -0.39 is 5.54 Å². The molecule has 0 amide bonds. The van der Waals surface area contributed by atoms with Crippen LogP contribution in [0.3, 0.4) is 0 Å². The van der Waals surface area contributed by atoms with Crippen molar-refractivity contribution in [1.29, 1.82) is 0 Å². The molecule has 0 bridgehead atoms. The van der Waals surface area contributed by atoms with Crippen LogP contribution in [0.2, 0.25) is 0 Å². The zero-order valence-corrected chi connectivity index (χ0v) is 11.2. The van der Waals surface area contributed by atoms with Crippen molar-refractivity contribution in [2.45, 2.75) is 65.5 Å². The Morgan fingerprint density at radius 2 is 2.00 bits per heavy atom. The second-order valence-electron chi connectivity index (χ2n) is 5.66. The van der Waals surface area contributed by atoms with Gasteiger partial charge in [-0.2, -0.15) is 0 Å². The Balaban J connectivity index is 2.97. The largest absolute Gasteiger partial charge is 0.465 e. The molecule has 0 saturated heterocycles. The second kappa shape index (κ2) is 4.74.